The molecule has 0 spiro atoms. The molecule has 0 atom stereocenters. The Labute approximate surface area is 71.7 Å². The molecule has 0 amide bonds. The quantitative estimate of drug-likeness (QED) is 0.391. The maximum absolute atomic E-state index is 10.3. The lowest BCUT2D eigenvalue weighted by atomic mass is 10.3. The van der Waals surface area contributed by atoms with Crippen molar-refractivity contribution in [1.82, 2.24) is 0 Å². The van der Waals surface area contributed by atoms with E-state index in [4.69, 9.17) is 14.5 Å². The molecule has 0 aliphatic rings. The summed E-state index contributed by atoms with van der Waals surface area (Å²) < 4.78 is 15.2. The molecule has 0 aliphatic carbocycles. The summed E-state index contributed by atoms with van der Waals surface area (Å²) in [7, 11) is -3.95. The van der Waals surface area contributed by atoms with Crippen molar-refractivity contribution >= 4 is 7.60 Å². The van der Waals surface area contributed by atoms with Crippen LogP contribution in [0.2, 0.25) is 0 Å². The first-order valence-corrected chi connectivity index (χ1v) is 5.15. The first kappa shape index (κ1) is 11.4. The van der Waals surface area contributed by atoms with Gasteiger partial charge in [-0.2, -0.15) is 0 Å². The molecule has 0 radical (unpaired) electrons. The van der Waals surface area contributed by atoms with Crippen molar-refractivity contribution in [3.8, 4) is 0 Å². The minimum Gasteiger partial charge on any atom is -0.493 e. The highest BCUT2D eigenvalue weighted by atomic mass is 31.2. The predicted molar refractivity (Wildman–Crippen MR) is 46.8 cm³/mol. The minimum atomic E-state index is -3.95. The predicted octanol–water partition coefficient (Wildman–Crippen LogP) is 1.27. The molecule has 0 bridgehead atoms. The van der Waals surface area contributed by atoms with Crippen LogP contribution in [0.3, 0.4) is 0 Å². The van der Waals surface area contributed by atoms with Gasteiger partial charge in [-0.1, -0.05) is 13.2 Å². The normalized spacial score (nSPS) is 10.9. The van der Waals surface area contributed by atoms with Crippen LogP contribution in [0, 0.1) is 0 Å². The van der Waals surface area contributed by atoms with Crippen LogP contribution in [0.25, 0.3) is 0 Å². The molecular weight excluding hydrogens is 179 g/mol. The molecule has 0 saturated heterocycles. The zero-order valence-corrected chi connectivity index (χ0v) is 7.88. The third-order valence-corrected chi connectivity index (χ3v) is 1.90. The molecule has 0 aromatic carbocycles. The van der Waals surface area contributed by atoms with E-state index in [-0.39, 0.29) is 12.8 Å². The molecule has 0 unspecified atom stereocenters. The largest absolute Gasteiger partial charge is 0.493 e. The lowest BCUT2D eigenvalue weighted by Crippen LogP contribution is -2.00. The third-order valence-electron chi connectivity index (χ3n) is 1.13. The smallest absolute Gasteiger partial charge is 0.328 e. The van der Waals surface area contributed by atoms with Gasteiger partial charge in [-0.3, -0.25) is 4.57 Å². The van der Waals surface area contributed by atoms with E-state index in [1.807, 2.05) is 0 Å². The van der Waals surface area contributed by atoms with Crippen molar-refractivity contribution in [2.24, 2.45) is 0 Å². The number of rotatable bonds is 5. The van der Waals surface area contributed by atoms with E-state index in [2.05, 4.69) is 13.2 Å². The van der Waals surface area contributed by atoms with Gasteiger partial charge in [0, 0.05) is 0 Å². The number of hydrogen-bond donors (Lipinski definition) is 2. The Kier molecular flexibility index (Phi) is 4.24. The van der Waals surface area contributed by atoms with Gasteiger partial charge in [0.15, 0.2) is 0 Å². The van der Waals surface area contributed by atoms with Gasteiger partial charge in [0.05, 0.1) is 12.8 Å². The second-order valence-corrected chi connectivity index (χ2v) is 4.22. The second-order valence-electron chi connectivity index (χ2n) is 2.44. The van der Waals surface area contributed by atoms with Gasteiger partial charge >= 0.3 is 7.60 Å². The lowest BCUT2D eigenvalue weighted by Gasteiger charge is -2.08. The highest BCUT2D eigenvalue weighted by Gasteiger charge is 2.12. The second kappa shape index (κ2) is 4.45. The van der Waals surface area contributed by atoms with Gasteiger partial charge in [-0.25, -0.2) is 0 Å². The maximum Gasteiger partial charge on any atom is 0.328 e. The summed E-state index contributed by atoms with van der Waals surface area (Å²) >= 11 is 0. The van der Waals surface area contributed by atoms with Gasteiger partial charge in [-0.05, 0) is 12.5 Å². The number of ether oxygens (including phenoxy) is 1. The van der Waals surface area contributed by atoms with E-state index in [1.165, 1.54) is 0 Å². The molecule has 2 N–H and O–H groups in total. The van der Waals surface area contributed by atoms with Crippen molar-refractivity contribution in [3.63, 3.8) is 0 Å². The Bertz CT molecular complexity index is 228. The summed E-state index contributed by atoms with van der Waals surface area (Å²) in [5.74, 6) is 0.364. The first-order valence-electron chi connectivity index (χ1n) is 3.35. The first-order chi connectivity index (χ1) is 5.33. The van der Waals surface area contributed by atoms with E-state index >= 15 is 0 Å². The van der Waals surface area contributed by atoms with Gasteiger partial charge < -0.3 is 14.5 Å². The molecular formula is C7H13O4P. The molecule has 0 aromatic rings. The van der Waals surface area contributed by atoms with Crippen molar-refractivity contribution in [2.75, 3.05) is 12.8 Å². The minimum absolute atomic E-state index is 0.0318. The summed E-state index contributed by atoms with van der Waals surface area (Å²) in [5, 5.41) is 0. The van der Waals surface area contributed by atoms with Crippen LogP contribution < -0.4 is 0 Å². The Morgan fingerprint density at radius 3 is 2.33 bits per heavy atom. The Morgan fingerprint density at radius 2 is 2.00 bits per heavy atom. The number of hydrogen-bond acceptors (Lipinski definition) is 2. The Hall–Kier alpha value is -0.570. The van der Waals surface area contributed by atoms with Crippen LogP contribution in [-0.4, -0.2) is 22.6 Å². The molecule has 70 valence electrons. The van der Waals surface area contributed by atoms with Crippen LogP contribution in [0.4, 0.5) is 0 Å². The zero-order valence-electron chi connectivity index (χ0n) is 6.99. The highest BCUT2D eigenvalue weighted by molar-refractivity contribution is 7.51. The Morgan fingerprint density at radius 1 is 1.50 bits per heavy atom. The van der Waals surface area contributed by atoms with Crippen LogP contribution in [0.5, 0.6) is 0 Å². The molecule has 0 rings (SSSR count). The molecule has 0 aliphatic heterocycles. The molecule has 0 heterocycles. The summed E-state index contributed by atoms with van der Waals surface area (Å²) in [5.41, 5.74) is 0.653. The molecule has 0 aromatic heterocycles. The molecule has 12 heavy (non-hydrogen) atoms. The van der Waals surface area contributed by atoms with Crippen molar-refractivity contribution < 1.29 is 19.1 Å². The molecule has 5 heteroatoms. The topological polar surface area (TPSA) is 66.8 Å². The summed E-state index contributed by atoms with van der Waals surface area (Å²) in [6, 6.07) is 0. The van der Waals surface area contributed by atoms with Crippen LogP contribution in [0.15, 0.2) is 24.5 Å². The fraction of sp³-hybridized carbons (Fsp3) is 0.429. The molecule has 4 nitrogen and oxygen atoms in total. The van der Waals surface area contributed by atoms with Crippen molar-refractivity contribution in [2.45, 2.75) is 6.92 Å². The van der Waals surface area contributed by atoms with E-state index in [1.54, 1.807) is 6.92 Å². The van der Waals surface area contributed by atoms with Gasteiger partial charge in [0.2, 0.25) is 0 Å². The fourth-order valence-electron chi connectivity index (χ4n) is 0.411. The summed E-state index contributed by atoms with van der Waals surface area (Å²) in [6.07, 6.45) is -0.292. The molecule has 0 fully saturated rings. The average Bonchev–Trinajstić information content (AvgIpc) is 1.84. The summed E-state index contributed by atoms with van der Waals surface area (Å²) in [4.78, 5) is 16.9. The lowest BCUT2D eigenvalue weighted by molar-refractivity contribution is 0.233. The van der Waals surface area contributed by atoms with Crippen LogP contribution >= 0.6 is 7.60 Å². The number of allylic oxidation sites excluding steroid dienone is 1. The summed E-state index contributed by atoms with van der Waals surface area (Å²) in [6.45, 7) is 8.73. The monoisotopic (exact) mass is 192 g/mol. The van der Waals surface area contributed by atoms with Gasteiger partial charge in [0.1, 0.15) is 5.76 Å². The van der Waals surface area contributed by atoms with Crippen LogP contribution in [-0.2, 0) is 9.30 Å². The van der Waals surface area contributed by atoms with Gasteiger partial charge in [0.25, 0.3) is 0 Å². The van der Waals surface area contributed by atoms with Crippen molar-refractivity contribution in [1.29, 1.82) is 0 Å². The fourth-order valence-corrected chi connectivity index (χ4v) is 0.740. The van der Waals surface area contributed by atoms with Crippen molar-refractivity contribution in [3.05, 3.63) is 24.5 Å². The maximum atomic E-state index is 10.3. The van der Waals surface area contributed by atoms with E-state index in [0.717, 1.165) is 0 Å². The highest BCUT2D eigenvalue weighted by Crippen LogP contribution is 2.33. The van der Waals surface area contributed by atoms with E-state index in [0.29, 0.717) is 11.3 Å². The standard InChI is InChI=1S/C7H13O4P/c1-6(2)7(3)11-4-5-12(8,9)10/h1,3-5H2,2H3,(H2,8,9,10). The average molecular weight is 192 g/mol. The van der Waals surface area contributed by atoms with Crippen LogP contribution in [0.1, 0.15) is 6.92 Å². The van der Waals surface area contributed by atoms with E-state index in [9.17, 15) is 4.57 Å². The Balaban J connectivity index is 3.65. The SMILES string of the molecule is C=C(C)C(=C)OCCP(=O)(O)O. The molecule has 0 saturated carbocycles. The van der Waals surface area contributed by atoms with Gasteiger partial charge in [-0.15, -0.1) is 0 Å². The third kappa shape index (κ3) is 6.16. The van der Waals surface area contributed by atoms with E-state index < -0.39 is 7.60 Å². The zero-order chi connectivity index (χ0) is 9.78.